The van der Waals surface area contributed by atoms with E-state index in [-0.39, 0.29) is 17.3 Å². The summed E-state index contributed by atoms with van der Waals surface area (Å²) in [5.74, 6) is -1.75. The summed E-state index contributed by atoms with van der Waals surface area (Å²) in [5.41, 5.74) is 1.90. The number of rotatable bonds is 10. The number of halogens is 4. The van der Waals surface area contributed by atoms with Gasteiger partial charge in [-0.2, -0.15) is 0 Å². The Bertz CT molecular complexity index is 1220. The number of esters is 2. The summed E-state index contributed by atoms with van der Waals surface area (Å²) in [7, 11) is 1.38. The molecule has 0 bridgehead atoms. The zero-order valence-corrected chi connectivity index (χ0v) is 21.9. The molecule has 11 heteroatoms. The molecule has 7 nitrogen and oxygen atoms in total. The molecule has 0 saturated carbocycles. The molecule has 0 fully saturated rings. The summed E-state index contributed by atoms with van der Waals surface area (Å²) >= 11 is 21.9. The van der Waals surface area contributed by atoms with E-state index in [1.807, 2.05) is 0 Å². The maximum absolute atomic E-state index is 12.2. The number of hydrogen-bond acceptors (Lipinski definition) is 7. The highest BCUT2D eigenvalue weighted by molar-refractivity contribution is 6.53. The number of ether oxygens (including phenoxy) is 3. The molecule has 190 valence electrons. The van der Waals surface area contributed by atoms with Gasteiger partial charge in [-0.3, -0.25) is 4.79 Å². The van der Waals surface area contributed by atoms with E-state index in [1.54, 1.807) is 37.3 Å². The lowest BCUT2D eigenvalue weighted by Gasteiger charge is -2.10. The van der Waals surface area contributed by atoms with Crippen molar-refractivity contribution in [3.63, 3.8) is 0 Å². The second kappa shape index (κ2) is 13.9. The van der Waals surface area contributed by atoms with E-state index >= 15 is 0 Å². The summed E-state index contributed by atoms with van der Waals surface area (Å²) in [5, 5.41) is 10.1. The van der Waals surface area contributed by atoms with Gasteiger partial charge in [-0.1, -0.05) is 70.7 Å². The lowest BCUT2D eigenvalue weighted by atomic mass is 10.1. The highest BCUT2D eigenvalue weighted by Gasteiger charge is 2.17. The number of allylic oxidation sites excluding steroid dienone is 3. The van der Waals surface area contributed by atoms with Crippen molar-refractivity contribution in [3.05, 3.63) is 77.1 Å². The Balaban J connectivity index is 2.04. The molecule has 0 radical (unpaired) electrons. The average molecular weight is 574 g/mol. The topological polar surface area (TPSA) is 99.1 Å². The number of carbonyl (C=O) groups excluding carboxylic acids is 3. The minimum Gasteiger partial charge on any atom is -0.508 e. The number of benzene rings is 2. The first kappa shape index (κ1) is 29.3. The number of aryl methyl sites for hydroxylation is 1. The fourth-order valence-electron chi connectivity index (χ4n) is 2.67. The molecule has 0 saturated heterocycles. The predicted octanol–water partition coefficient (Wildman–Crippen LogP) is 6.16. The SMILES string of the molecule is COc1cc(/C=C/C(=O)/C=C(O)/C=C/c2ccc(OC(=O)C(Cl)Cl)c(C)c2)ccc1OC(=O)C(Cl)Cl. The maximum Gasteiger partial charge on any atom is 0.344 e. The van der Waals surface area contributed by atoms with Gasteiger partial charge in [0.25, 0.3) is 0 Å². The van der Waals surface area contributed by atoms with Gasteiger partial charge in [-0.15, -0.1) is 0 Å². The van der Waals surface area contributed by atoms with E-state index in [0.29, 0.717) is 22.4 Å². The van der Waals surface area contributed by atoms with E-state index in [4.69, 9.17) is 60.6 Å². The molecule has 0 atom stereocenters. The van der Waals surface area contributed by atoms with E-state index in [2.05, 4.69) is 0 Å². The fraction of sp³-hybridized carbons (Fsp3) is 0.160. The van der Waals surface area contributed by atoms with Crippen LogP contribution in [0.4, 0.5) is 0 Å². The molecule has 0 unspecified atom stereocenters. The van der Waals surface area contributed by atoms with Crippen LogP contribution in [0.15, 0.2) is 60.4 Å². The van der Waals surface area contributed by atoms with E-state index in [9.17, 15) is 19.5 Å². The normalized spacial score (nSPS) is 11.9. The Morgan fingerprint density at radius 3 is 1.89 bits per heavy atom. The van der Waals surface area contributed by atoms with Crippen molar-refractivity contribution in [2.75, 3.05) is 7.11 Å². The van der Waals surface area contributed by atoms with E-state index in [1.165, 1.54) is 37.5 Å². The number of alkyl halides is 4. The number of aliphatic hydroxyl groups is 1. The first-order chi connectivity index (χ1) is 17.0. The molecule has 0 amide bonds. The van der Waals surface area contributed by atoms with Crippen LogP contribution in [0.3, 0.4) is 0 Å². The zero-order chi connectivity index (χ0) is 26.8. The highest BCUT2D eigenvalue weighted by atomic mass is 35.5. The van der Waals surface area contributed by atoms with Crippen molar-refractivity contribution in [1.82, 2.24) is 0 Å². The number of ketones is 1. The van der Waals surface area contributed by atoms with Crippen LogP contribution in [0.2, 0.25) is 0 Å². The minimum atomic E-state index is -1.34. The molecule has 0 aliphatic rings. The highest BCUT2D eigenvalue weighted by Crippen LogP contribution is 2.29. The summed E-state index contributed by atoms with van der Waals surface area (Å²) in [4.78, 5) is 32.6. The Labute approximate surface area is 227 Å². The predicted molar refractivity (Wildman–Crippen MR) is 140 cm³/mol. The molecule has 2 aromatic rings. The molecule has 0 spiro atoms. The van der Waals surface area contributed by atoms with Crippen molar-refractivity contribution in [2.24, 2.45) is 0 Å². The molecular weight excluding hydrogens is 554 g/mol. The van der Waals surface area contributed by atoms with Gasteiger partial charge in [-0.05, 0) is 60.0 Å². The minimum absolute atomic E-state index is 0.115. The quantitative estimate of drug-likeness (QED) is 0.0907. The van der Waals surface area contributed by atoms with E-state index < -0.39 is 27.4 Å². The van der Waals surface area contributed by atoms with Crippen LogP contribution in [-0.2, 0) is 14.4 Å². The van der Waals surface area contributed by atoms with Crippen molar-refractivity contribution >= 4 is 76.3 Å². The fourth-order valence-corrected chi connectivity index (χ4v) is 2.85. The van der Waals surface area contributed by atoms with Gasteiger partial charge in [0.1, 0.15) is 11.5 Å². The van der Waals surface area contributed by atoms with Crippen LogP contribution in [-0.4, -0.2) is 39.6 Å². The van der Waals surface area contributed by atoms with Gasteiger partial charge in [0, 0.05) is 6.08 Å². The summed E-state index contributed by atoms with van der Waals surface area (Å²) in [6.07, 6.45) is 6.68. The third-order valence-electron chi connectivity index (χ3n) is 4.34. The molecule has 1 N–H and O–H groups in total. The Kier molecular flexibility index (Phi) is 11.3. The summed E-state index contributed by atoms with van der Waals surface area (Å²) < 4.78 is 15.3. The molecule has 0 aliphatic carbocycles. The molecule has 2 rings (SSSR count). The van der Waals surface area contributed by atoms with Crippen LogP contribution in [0.25, 0.3) is 12.2 Å². The molecule has 0 aliphatic heterocycles. The number of hydrogen-bond donors (Lipinski definition) is 1. The van der Waals surface area contributed by atoms with Crippen LogP contribution >= 0.6 is 46.4 Å². The van der Waals surface area contributed by atoms with Gasteiger partial charge in [0.2, 0.25) is 9.67 Å². The van der Waals surface area contributed by atoms with E-state index in [0.717, 1.165) is 6.08 Å². The number of aliphatic hydroxyl groups excluding tert-OH is 1. The largest absolute Gasteiger partial charge is 0.508 e. The average Bonchev–Trinajstić information content (AvgIpc) is 2.83. The number of carbonyl (C=O) groups is 3. The third-order valence-corrected chi connectivity index (χ3v) is 5.05. The van der Waals surface area contributed by atoms with Crippen molar-refractivity contribution in [1.29, 1.82) is 0 Å². The van der Waals surface area contributed by atoms with Crippen molar-refractivity contribution in [3.8, 4) is 17.2 Å². The lowest BCUT2D eigenvalue weighted by Crippen LogP contribution is -2.16. The summed E-state index contributed by atoms with van der Waals surface area (Å²) in [6.45, 7) is 1.72. The second-order valence-corrected chi connectivity index (χ2v) is 9.21. The summed E-state index contributed by atoms with van der Waals surface area (Å²) in [6, 6.07) is 9.50. The second-order valence-electron chi connectivity index (χ2n) is 7.02. The third kappa shape index (κ3) is 9.24. The molecule has 0 heterocycles. The molecule has 36 heavy (non-hydrogen) atoms. The molecule has 0 aromatic heterocycles. The van der Waals surface area contributed by atoms with Gasteiger partial charge in [0.15, 0.2) is 17.3 Å². The smallest absolute Gasteiger partial charge is 0.344 e. The first-order valence-electron chi connectivity index (χ1n) is 10.1. The van der Waals surface area contributed by atoms with Gasteiger partial charge in [-0.25, -0.2) is 9.59 Å². The van der Waals surface area contributed by atoms with Gasteiger partial charge < -0.3 is 19.3 Å². The van der Waals surface area contributed by atoms with Gasteiger partial charge >= 0.3 is 11.9 Å². The molecule has 2 aromatic carbocycles. The zero-order valence-electron chi connectivity index (χ0n) is 18.9. The van der Waals surface area contributed by atoms with Crippen LogP contribution < -0.4 is 14.2 Å². The number of methoxy groups -OCH3 is 1. The van der Waals surface area contributed by atoms with Crippen LogP contribution in [0.5, 0.6) is 17.2 Å². The van der Waals surface area contributed by atoms with Crippen molar-refractivity contribution in [2.45, 2.75) is 16.6 Å². The van der Waals surface area contributed by atoms with Gasteiger partial charge in [0.05, 0.1) is 7.11 Å². The Hall–Kier alpha value is -2.97. The lowest BCUT2D eigenvalue weighted by molar-refractivity contribution is -0.133. The van der Waals surface area contributed by atoms with Crippen molar-refractivity contribution < 1.29 is 33.7 Å². The molecular formula is C25H20Cl4O7. The monoisotopic (exact) mass is 572 g/mol. The van der Waals surface area contributed by atoms with Crippen LogP contribution in [0.1, 0.15) is 16.7 Å². The van der Waals surface area contributed by atoms with Crippen LogP contribution in [0, 0.1) is 6.92 Å². The Morgan fingerprint density at radius 2 is 1.33 bits per heavy atom. The standard InChI is InChI=1S/C25H20Cl4O7/c1-14-11-15(5-9-19(14)35-24(32)22(26)27)3-7-17(30)13-18(31)8-4-16-6-10-20(21(12-16)34-2)36-25(33)23(28)29/h3-13,22-23,30H,1-2H3/b7-3+,8-4+,17-13-. The Morgan fingerprint density at radius 1 is 0.806 bits per heavy atom. The first-order valence-corrected chi connectivity index (χ1v) is 11.8. The maximum atomic E-state index is 12.2.